The fourth-order valence-electron chi connectivity index (χ4n) is 3.56. The van der Waals surface area contributed by atoms with Crippen LogP contribution in [0.25, 0.3) is 11.1 Å². The van der Waals surface area contributed by atoms with Crippen molar-refractivity contribution in [2.45, 2.75) is 6.61 Å². The van der Waals surface area contributed by atoms with Crippen molar-refractivity contribution in [3.05, 3.63) is 65.2 Å². The zero-order valence-corrected chi connectivity index (χ0v) is 17.8. The molecule has 0 saturated carbocycles. The highest BCUT2D eigenvalue weighted by molar-refractivity contribution is 6.06. The Hall–Kier alpha value is -4.24. The lowest BCUT2D eigenvalue weighted by Gasteiger charge is -2.17. The topological polar surface area (TPSA) is 121 Å². The maximum absolute atomic E-state index is 13.3. The lowest BCUT2D eigenvalue weighted by Crippen LogP contribution is -2.13. The number of aromatic carboxylic acids is 1. The molecule has 0 atom stereocenters. The second-order valence-electron chi connectivity index (χ2n) is 6.94. The van der Waals surface area contributed by atoms with E-state index in [0.717, 1.165) is 0 Å². The Labute approximate surface area is 188 Å². The first kappa shape index (κ1) is 22.0. The predicted octanol–water partition coefficient (Wildman–Crippen LogP) is 3.51. The molecule has 0 unspecified atom stereocenters. The van der Waals surface area contributed by atoms with Crippen LogP contribution in [-0.2, 0) is 6.61 Å². The molecule has 9 heteroatoms. The highest BCUT2D eigenvalue weighted by Crippen LogP contribution is 2.47. The molecular formula is C24H20O9. The van der Waals surface area contributed by atoms with Crippen LogP contribution in [-0.4, -0.2) is 43.2 Å². The molecule has 0 fully saturated rings. The fraction of sp³-hybridized carbons (Fsp3) is 0.167. The largest absolute Gasteiger partial charge is 0.493 e. The molecule has 0 aromatic heterocycles. The van der Waals surface area contributed by atoms with E-state index in [2.05, 4.69) is 0 Å². The van der Waals surface area contributed by atoms with E-state index in [9.17, 15) is 19.8 Å². The van der Waals surface area contributed by atoms with Gasteiger partial charge in [-0.2, -0.15) is 0 Å². The van der Waals surface area contributed by atoms with Crippen molar-refractivity contribution in [3.8, 4) is 39.9 Å². The molecule has 1 heterocycles. The average molecular weight is 452 g/mol. The van der Waals surface area contributed by atoms with Gasteiger partial charge < -0.3 is 33.9 Å². The zero-order chi connectivity index (χ0) is 23.5. The SMILES string of the molecule is COc1cc(C(=O)Oc2ccccc2CO)c(-c2c(C(=O)O)ccc3c2OCO3)cc1OC. The van der Waals surface area contributed by atoms with Gasteiger partial charge in [0.2, 0.25) is 6.79 Å². The van der Waals surface area contributed by atoms with Crippen molar-refractivity contribution in [2.75, 3.05) is 21.0 Å². The number of fused-ring (bicyclic) bond motifs is 1. The number of aliphatic hydroxyl groups is 1. The zero-order valence-electron chi connectivity index (χ0n) is 17.8. The van der Waals surface area contributed by atoms with E-state index < -0.39 is 11.9 Å². The van der Waals surface area contributed by atoms with E-state index in [1.54, 1.807) is 24.3 Å². The summed E-state index contributed by atoms with van der Waals surface area (Å²) in [7, 11) is 2.83. The Balaban J connectivity index is 1.94. The number of methoxy groups -OCH3 is 2. The quantitative estimate of drug-likeness (QED) is 0.410. The molecule has 0 aliphatic carbocycles. The van der Waals surface area contributed by atoms with Crippen molar-refractivity contribution in [1.82, 2.24) is 0 Å². The summed E-state index contributed by atoms with van der Waals surface area (Å²) in [6.45, 7) is -0.425. The van der Waals surface area contributed by atoms with Crippen molar-refractivity contribution >= 4 is 11.9 Å². The molecule has 170 valence electrons. The molecule has 33 heavy (non-hydrogen) atoms. The second-order valence-corrected chi connectivity index (χ2v) is 6.94. The summed E-state index contributed by atoms with van der Waals surface area (Å²) in [5.41, 5.74) is 0.652. The first-order valence-corrected chi connectivity index (χ1v) is 9.81. The third-order valence-electron chi connectivity index (χ3n) is 5.13. The summed E-state index contributed by atoms with van der Waals surface area (Å²) in [6, 6.07) is 12.3. The number of carbonyl (C=O) groups is 2. The Morgan fingerprint density at radius 3 is 2.36 bits per heavy atom. The minimum atomic E-state index is -1.22. The molecule has 0 bridgehead atoms. The van der Waals surface area contributed by atoms with E-state index in [1.807, 2.05) is 0 Å². The summed E-state index contributed by atoms with van der Waals surface area (Å²) in [6.07, 6.45) is 0. The number of rotatable bonds is 7. The molecule has 3 aromatic rings. The molecule has 1 aliphatic rings. The maximum atomic E-state index is 13.3. The van der Waals surface area contributed by atoms with Crippen molar-refractivity contribution < 1.29 is 43.5 Å². The Kier molecular flexibility index (Phi) is 6.05. The molecule has 0 amide bonds. The number of carbonyl (C=O) groups excluding carboxylic acids is 1. The van der Waals surface area contributed by atoms with Gasteiger partial charge in [-0.1, -0.05) is 18.2 Å². The molecule has 0 spiro atoms. The Morgan fingerprint density at radius 2 is 1.67 bits per heavy atom. The van der Waals surface area contributed by atoms with Crippen LogP contribution in [0.4, 0.5) is 0 Å². The number of aliphatic hydroxyl groups excluding tert-OH is 1. The molecule has 0 saturated heterocycles. The molecule has 3 aromatic carbocycles. The minimum absolute atomic E-state index is 0.00629. The number of benzene rings is 3. The Bertz CT molecular complexity index is 1230. The minimum Gasteiger partial charge on any atom is -0.493 e. The van der Waals surface area contributed by atoms with Crippen LogP contribution in [0.1, 0.15) is 26.3 Å². The number of esters is 1. The lowest BCUT2D eigenvalue weighted by molar-refractivity contribution is 0.0693. The van der Waals surface area contributed by atoms with Gasteiger partial charge in [0.05, 0.1) is 32.0 Å². The normalized spacial score (nSPS) is 11.7. The van der Waals surface area contributed by atoms with Crippen LogP contribution in [0.15, 0.2) is 48.5 Å². The van der Waals surface area contributed by atoms with Gasteiger partial charge in [0.25, 0.3) is 0 Å². The third kappa shape index (κ3) is 4.01. The van der Waals surface area contributed by atoms with E-state index in [0.29, 0.717) is 11.3 Å². The molecule has 1 aliphatic heterocycles. The summed E-state index contributed by atoms with van der Waals surface area (Å²) in [5, 5.41) is 19.4. The summed E-state index contributed by atoms with van der Waals surface area (Å²) in [4.78, 5) is 25.3. The van der Waals surface area contributed by atoms with Gasteiger partial charge in [0, 0.05) is 16.7 Å². The lowest BCUT2D eigenvalue weighted by atomic mass is 9.93. The first-order chi connectivity index (χ1) is 16.0. The summed E-state index contributed by atoms with van der Waals surface area (Å²) in [5.74, 6) is -0.801. The van der Waals surface area contributed by atoms with E-state index in [4.69, 9.17) is 23.7 Å². The second kappa shape index (κ2) is 9.09. The fourth-order valence-corrected chi connectivity index (χ4v) is 3.56. The summed E-state index contributed by atoms with van der Waals surface area (Å²) < 4.78 is 27.2. The van der Waals surface area contributed by atoms with Gasteiger partial charge in [-0.25, -0.2) is 9.59 Å². The standard InChI is InChI=1S/C24H20O9/c1-29-19-9-15(21-14(23(26)27)7-8-18-22(21)32-12-31-18)16(10-20(19)30-2)24(28)33-17-6-4-3-5-13(17)11-25/h3-10,25H,11-12H2,1-2H3,(H,26,27). The number of ether oxygens (including phenoxy) is 5. The van der Waals surface area contributed by atoms with Crippen molar-refractivity contribution in [3.63, 3.8) is 0 Å². The molecule has 9 nitrogen and oxygen atoms in total. The van der Waals surface area contributed by atoms with E-state index in [1.165, 1.54) is 38.5 Å². The monoisotopic (exact) mass is 452 g/mol. The van der Waals surface area contributed by atoms with Gasteiger partial charge >= 0.3 is 11.9 Å². The van der Waals surface area contributed by atoms with Crippen LogP contribution in [0.2, 0.25) is 0 Å². The maximum Gasteiger partial charge on any atom is 0.344 e. The number of carboxylic acid groups (broad SMARTS) is 1. The third-order valence-corrected chi connectivity index (χ3v) is 5.13. The van der Waals surface area contributed by atoms with E-state index in [-0.39, 0.29) is 58.7 Å². The molecular weight excluding hydrogens is 432 g/mol. The predicted molar refractivity (Wildman–Crippen MR) is 115 cm³/mol. The van der Waals surface area contributed by atoms with Crippen LogP contribution in [0, 0.1) is 0 Å². The highest BCUT2D eigenvalue weighted by Gasteiger charge is 2.30. The number of para-hydroxylation sites is 1. The number of carboxylic acids is 1. The smallest absolute Gasteiger partial charge is 0.344 e. The van der Waals surface area contributed by atoms with E-state index >= 15 is 0 Å². The number of hydrogen-bond donors (Lipinski definition) is 2. The van der Waals surface area contributed by atoms with Crippen molar-refractivity contribution in [2.24, 2.45) is 0 Å². The number of hydrogen-bond acceptors (Lipinski definition) is 8. The molecule has 2 N–H and O–H groups in total. The van der Waals surface area contributed by atoms with Gasteiger partial charge in [-0.15, -0.1) is 0 Å². The van der Waals surface area contributed by atoms with Crippen LogP contribution in [0.3, 0.4) is 0 Å². The molecule has 4 rings (SSSR count). The van der Waals surface area contributed by atoms with Gasteiger partial charge in [0.15, 0.2) is 23.0 Å². The van der Waals surface area contributed by atoms with Gasteiger partial charge in [-0.3, -0.25) is 0 Å². The summed E-state index contributed by atoms with van der Waals surface area (Å²) >= 11 is 0. The first-order valence-electron chi connectivity index (χ1n) is 9.81. The Morgan fingerprint density at radius 1 is 0.939 bits per heavy atom. The van der Waals surface area contributed by atoms with Crippen LogP contribution in [0.5, 0.6) is 28.7 Å². The van der Waals surface area contributed by atoms with Crippen molar-refractivity contribution in [1.29, 1.82) is 0 Å². The van der Waals surface area contributed by atoms with Crippen LogP contribution < -0.4 is 23.7 Å². The average Bonchev–Trinajstić information content (AvgIpc) is 3.31. The molecule has 0 radical (unpaired) electrons. The van der Waals surface area contributed by atoms with Crippen LogP contribution >= 0.6 is 0 Å². The highest BCUT2D eigenvalue weighted by atomic mass is 16.7. The van der Waals surface area contributed by atoms with Gasteiger partial charge in [-0.05, 0) is 30.3 Å². The van der Waals surface area contributed by atoms with Gasteiger partial charge in [0.1, 0.15) is 5.75 Å².